The summed E-state index contributed by atoms with van der Waals surface area (Å²) in [4.78, 5) is 22.7. The van der Waals surface area contributed by atoms with Crippen LogP contribution in [0.3, 0.4) is 0 Å². The summed E-state index contributed by atoms with van der Waals surface area (Å²) in [6.45, 7) is 3.33. The van der Waals surface area contributed by atoms with Gasteiger partial charge in [-0.3, -0.25) is 9.59 Å². The number of hydrogen-bond acceptors (Lipinski definition) is 3. The molecule has 0 saturated heterocycles. The molecule has 1 heterocycles. The molecule has 66 valence electrons. The fourth-order valence-electron chi connectivity index (χ4n) is 1.09. The zero-order valence-electron chi connectivity index (χ0n) is 7.71. The van der Waals surface area contributed by atoms with Gasteiger partial charge >= 0.3 is 0 Å². The molecule has 1 aliphatic rings. The number of imide groups is 1. The predicted molar refractivity (Wildman–Crippen MR) is 43.9 cm³/mol. The van der Waals surface area contributed by atoms with E-state index in [1.54, 1.807) is 27.9 Å². The Morgan fingerprint density at radius 1 is 1.00 bits per heavy atom. The maximum Gasteiger partial charge on any atom is 0.271 e. The highest BCUT2D eigenvalue weighted by molar-refractivity contribution is 6.18. The molecule has 1 aliphatic heterocycles. The topological polar surface area (TPSA) is 40.6 Å². The molecule has 0 aromatic carbocycles. The normalized spacial score (nSPS) is 18.6. The van der Waals surface area contributed by atoms with Crippen molar-refractivity contribution >= 4 is 11.8 Å². The van der Waals surface area contributed by atoms with Gasteiger partial charge in [0.05, 0.1) is 0 Å². The van der Waals surface area contributed by atoms with E-state index in [1.165, 1.54) is 5.01 Å². The summed E-state index contributed by atoms with van der Waals surface area (Å²) < 4.78 is 0. The van der Waals surface area contributed by atoms with Crippen molar-refractivity contribution in [2.45, 2.75) is 13.8 Å². The minimum atomic E-state index is -0.220. The first kappa shape index (κ1) is 8.93. The largest absolute Gasteiger partial charge is 0.271 e. The Bertz CT molecular complexity index is 255. The van der Waals surface area contributed by atoms with E-state index in [9.17, 15) is 9.59 Å². The van der Waals surface area contributed by atoms with Crippen LogP contribution in [0.5, 0.6) is 0 Å². The van der Waals surface area contributed by atoms with Crippen LogP contribution in [0.15, 0.2) is 11.1 Å². The lowest BCUT2D eigenvalue weighted by atomic mass is 10.2. The summed E-state index contributed by atoms with van der Waals surface area (Å²) in [5.74, 6) is -0.440. The fraction of sp³-hybridized carbons (Fsp3) is 0.500. The molecule has 12 heavy (non-hydrogen) atoms. The van der Waals surface area contributed by atoms with E-state index >= 15 is 0 Å². The first-order valence-electron chi connectivity index (χ1n) is 3.70. The zero-order valence-corrected chi connectivity index (χ0v) is 7.71. The van der Waals surface area contributed by atoms with Gasteiger partial charge in [0.2, 0.25) is 0 Å². The van der Waals surface area contributed by atoms with Crippen molar-refractivity contribution in [3.8, 4) is 0 Å². The third kappa shape index (κ3) is 1.04. The standard InChI is InChI=1S/C8H12N2O2/c1-5-6(2)8(12)10(7(5)11)9(3)4/h1-4H3. The van der Waals surface area contributed by atoms with E-state index in [2.05, 4.69) is 0 Å². The van der Waals surface area contributed by atoms with Crippen molar-refractivity contribution in [3.05, 3.63) is 11.1 Å². The molecule has 2 amide bonds. The van der Waals surface area contributed by atoms with Crippen molar-refractivity contribution in [3.63, 3.8) is 0 Å². The average Bonchev–Trinajstić information content (AvgIpc) is 2.16. The number of nitrogens with zero attached hydrogens (tertiary/aromatic N) is 2. The average molecular weight is 168 g/mol. The van der Waals surface area contributed by atoms with Crippen LogP contribution in [0, 0.1) is 0 Å². The molecule has 0 aliphatic carbocycles. The summed E-state index contributed by atoms with van der Waals surface area (Å²) in [6.07, 6.45) is 0. The molecular formula is C8H12N2O2. The summed E-state index contributed by atoms with van der Waals surface area (Å²) in [7, 11) is 3.34. The van der Waals surface area contributed by atoms with Crippen molar-refractivity contribution in [2.75, 3.05) is 14.1 Å². The van der Waals surface area contributed by atoms with Crippen molar-refractivity contribution in [1.82, 2.24) is 10.0 Å². The summed E-state index contributed by atoms with van der Waals surface area (Å²) >= 11 is 0. The van der Waals surface area contributed by atoms with Crippen LogP contribution in [-0.2, 0) is 9.59 Å². The summed E-state index contributed by atoms with van der Waals surface area (Å²) in [5.41, 5.74) is 1.07. The van der Waals surface area contributed by atoms with E-state index in [4.69, 9.17) is 0 Å². The van der Waals surface area contributed by atoms with Gasteiger partial charge in [0.25, 0.3) is 11.8 Å². The van der Waals surface area contributed by atoms with Gasteiger partial charge in [-0.25, -0.2) is 10.0 Å². The number of hydrazine groups is 1. The van der Waals surface area contributed by atoms with Crippen molar-refractivity contribution in [2.24, 2.45) is 0 Å². The van der Waals surface area contributed by atoms with Gasteiger partial charge in [0.1, 0.15) is 0 Å². The first-order chi connectivity index (χ1) is 5.46. The van der Waals surface area contributed by atoms with Crippen molar-refractivity contribution in [1.29, 1.82) is 0 Å². The van der Waals surface area contributed by atoms with Gasteiger partial charge in [0, 0.05) is 25.2 Å². The van der Waals surface area contributed by atoms with Crippen molar-refractivity contribution < 1.29 is 9.59 Å². The van der Waals surface area contributed by atoms with Crippen LogP contribution in [0.2, 0.25) is 0 Å². The Morgan fingerprint density at radius 3 is 1.50 bits per heavy atom. The van der Waals surface area contributed by atoms with E-state index in [1.807, 2.05) is 0 Å². The predicted octanol–water partition coefficient (Wildman–Crippen LogP) is 0.168. The number of amides is 2. The zero-order chi connectivity index (χ0) is 9.46. The third-order valence-electron chi connectivity index (χ3n) is 1.99. The lowest BCUT2D eigenvalue weighted by molar-refractivity contribution is -0.151. The highest BCUT2D eigenvalue weighted by Gasteiger charge is 2.34. The SMILES string of the molecule is CC1=C(C)C(=O)N(N(C)C)C1=O. The van der Waals surface area contributed by atoms with Crippen LogP contribution in [0.1, 0.15) is 13.8 Å². The maximum absolute atomic E-state index is 11.4. The van der Waals surface area contributed by atoms with Crippen LogP contribution in [0.25, 0.3) is 0 Å². The Labute approximate surface area is 71.4 Å². The fourth-order valence-corrected chi connectivity index (χ4v) is 1.09. The molecule has 0 radical (unpaired) electrons. The quantitative estimate of drug-likeness (QED) is 0.524. The molecule has 0 atom stereocenters. The molecular weight excluding hydrogens is 156 g/mol. The Morgan fingerprint density at radius 2 is 1.33 bits per heavy atom. The van der Waals surface area contributed by atoms with Gasteiger partial charge in [-0.05, 0) is 13.8 Å². The molecule has 0 aromatic heterocycles. The molecule has 0 fully saturated rings. The second kappa shape index (κ2) is 2.71. The Kier molecular flexibility index (Phi) is 2.02. The number of carbonyl (C=O) groups is 2. The summed E-state index contributed by atoms with van der Waals surface area (Å²) in [6, 6.07) is 0. The molecule has 0 spiro atoms. The molecule has 0 N–H and O–H groups in total. The van der Waals surface area contributed by atoms with Gasteiger partial charge in [0.15, 0.2) is 0 Å². The number of hydrogen-bond donors (Lipinski definition) is 0. The second-order valence-electron chi connectivity index (χ2n) is 3.02. The van der Waals surface area contributed by atoms with Gasteiger partial charge < -0.3 is 0 Å². The van der Waals surface area contributed by atoms with Crippen LogP contribution >= 0.6 is 0 Å². The van der Waals surface area contributed by atoms with Crippen LogP contribution in [-0.4, -0.2) is 35.9 Å². The second-order valence-corrected chi connectivity index (χ2v) is 3.02. The lowest BCUT2D eigenvalue weighted by Crippen LogP contribution is -2.42. The van der Waals surface area contributed by atoms with E-state index in [-0.39, 0.29) is 11.8 Å². The lowest BCUT2D eigenvalue weighted by Gasteiger charge is -2.21. The van der Waals surface area contributed by atoms with Gasteiger partial charge in [-0.1, -0.05) is 0 Å². The van der Waals surface area contributed by atoms with Gasteiger partial charge in [-0.15, -0.1) is 0 Å². The highest BCUT2D eigenvalue weighted by atomic mass is 16.2. The molecule has 4 heteroatoms. The molecule has 4 nitrogen and oxygen atoms in total. The van der Waals surface area contributed by atoms with E-state index < -0.39 is 0 Å². The monoisotopic (exact) mass is 168 g/mol. The van der Waals surface area contributed by atoms with Crippen LogP contribution in [0.4, 0.5) is 0 Å². The first-order valence-corrected chi connectivity index (χ1v) is 3.70. The minimum absolute atomic E-state index is 0.220. The highest BCUT2D eigenvalue weighted by Crippen LogP contribution is 2.19. The Hall–Kier alpha value is -1.16. The molecule has 1 rings (SSSR count). The molecule has 0 aromatic rings. The van der Waals surface area contributed by atoms with E-state index in [0.29, 0.717) is 11.1 Å². The number of rotatable bonds is 1. The molecule has 0 saturated carbocycles. The maximum atomic E-state index is 11.4. The summed E-state index contributed by atoms with van der Waals surface area (Å²) in [5, 5.41) is 2.62. The molecule has 0 bridgehead atoms. The Balaban J connectivity index is 3.04. The molecule has 0 unspecified atom stereocenters. The smallest absolute Gasteiger partial charge is 0.267 e. The third-order valence-corrected chi connectivity index (χ3v) is 1.99. The van der Waals surface area contributed by atoms with Crippen LogP contribution < -0.4 is 0 Å². The van der Waals surface area contributed by atoms with Gasteiger partial charge in [-0.2, -0.15) is 0 Å². The minimum Gasteiger partial charge on any atom is -0.267 e. The number of carbonyl (C=O) groups excluding carboxylic acids is 2. The van der Waals surface area contributed by atoms with E-state index in [0.717, 1.165) is 5.01 Å².